The molecular weight excluding hydrogens is 423 g/mol. The van der Waals surface area contributed by atoms with Crippen molar-refractivity contribution >= 4 is 17.4 Å². The first-order valence-electron chi connectivity index (χ1n) is 10.5. The lowest BCUT2D eigenvalue weighted by molar-refractivity contribution is -0.140. The van der Waals surface area contributed by atoms with Crippen LogP contribution in [0.3, 0.4) is 0 Å². The Labute approximate surface area is 191 Å². The SMILES string of the molecule is CCc1ccc(C2/C(=C(/O)c3ccc(OC)c(F)c3)C(=O)C(=O)N2Cc2ccncc2)cc1. The van der Waals surface area contributed by atoms with Crippen LogP contribution >= 0.6 is 0 Å². The molecule has 1 aliphatic heterocycles. The number of carbonyl (C=O) groups is 2. The molecule has 1 saturated heterocycles. The number of nitrogens with zero attached hydrogens (tertiary/aromatic N) is 2. The van der Waals surface area contributed by atoms with Crippen molar-refractivity contribution in [2.75, 3.05) is 7.11 Å². The van der Waals surface area contributed by atoms with Gasteiger partial charge < -0.3 is 14.7 Å². The zero-order chi connectivity index (χ0) is 23.5. The lowest BCUT2D eigenvalue weighted by Crippen LogP contribution is -2.29. The van der Waals surface area contributed by atoms with Crippen molar-refractivity contribution in [3.63, 3.8) is 0 Å². The van der Waals surface area contributed by atoms with Crippen LogP contribution in [-0.2, 0) is 22.6 Å². The maximum absolute atomic E-state index is 14.3. The summed E-state index contributed by atoms with van der Waals surface area (Å²) >= 11 is 0. The Hall–Kier alpha value is -4.00. The fourth-order valence-corrected chi connectivity index (χ4v) is 3.98. The number of aromatic nitrogens is 1. The van der Waals surface area contributed by atoms with Gasteiger partial charge in [-0.3, -0.25) is 14.6 Å². The molecule has 2 heterocycles. The predicted octanol–water partition coefficient (Wildman–Crippen LogP) is 4.41. The van der Waals surface area contributed by atoms with E-state index in [0.29, 0.717) is 5.56 Å². The second-order valence-electron chi connectivity index (χ2n) is 7.73. The second-order valence-corrected chi connectivity index (χ2v) is 7.73. The van der Waals surface area contributed by atoms with Crippen molar-refractivity contribution < 1.29 is 23.8 Å². The Morgan fingerprint density at radius 3 is 2.36 bits per heavy atom. The van der Waals surface area contributed by atoms with E-state index in [1.807, 2.05) is 31.2 Å². The first kappa shape index (κ1) is 22.2. The zero-order valence-electron chi connectivity index (χ0n) is 18.3. The molecule has 1 amide bonds. The minimum atomic E-state index is -0.825. The Kier molecular flexibility index (Phi) is 6.22. The molecule has 0 saturated carbocycles. The number of methoxy groups -OCH3 is 1. The van der Waals surface area contributed by atoms with E-state index in [1.165, 1.54) is 24.1 Å². The van der Waals surface area contributed by atoms with Gasteiger partial charge in [0.25, 0.3) is 11.7 Å². The van der Waals surface area contributed by atoms with Gasteiger partial charge in [-0.05, 0) is 53.4 Å². The number of ether oxygens (including phenoxy) is 1. The average molecular weight is 446 g/mol. The van der Waals surface area contributed by atoms with Crippen molar-refractivity contribution in [3.8, 4) is 5.75 Å². The highest BCUT2D eigenvalue weighted by molar-refractivity contribution is 6.46. The summed E-state index contributed by atoms with van der Waals surface area (Å²) in [6.45, 7) is 2.18. The van der Waals surface area contributed by atoms with E-state index in [1.54, 1.807) is 24.5 Å². The maximum atomic E-state index is 14.3. The minimum absolute atomic E-state index is 0.0105. The molecule has 2 aromatic carbocycles. The fourth-order valence-electron chi connectivity index (χ4n) is 3.98. The van der Waals surface area contributed by atoms with Gasteiger partial charge in [0.15, 0.2) is 11.6 Å². The number of halogens is 1. The van der Waals surface area contributed by atoms with Gasteiger partial charge in [-0.2, -0.15) is 0 Å². The number of ketones is 1. The smallest absolute Gasteiger partial charge is 0.295 e. The standard InChI is InChI=1S/C26H23FN2O4/c1-3-16-4-6-18(7-5-16)23-22(24(30)19-8-9-21(33-2)20(27)14-19)25(31)26(32)29(23)15-17-10-12-28-13-11-17/h4-14,23,30H,3,15H2,1-2H3/b24-22-. The van der Waals surface area contributed by atoms with Crippen molar-refractivity contribution in [1.29, 1.82) is 0 Å². The van der Waals surface area contributed by atoms with Crippen LogP contribution in [0.5, 0.6) is 5.75 Å². The van der Waals surface area contributed by atoms with Crippen LogP contribution in [0.4, 0.5) is 4.39 Å². The number of hydrogen-bond acceptors (Lipinski definition) is 5. The van der Waals surface area contributed by atoms with Crippen molar-refractivity contribution in [3.05, 3.63) is 101 Å². The Morgan fingerprint density at radius 1 is 1.06 bits per heavy atom. The van der Waals surface area contributed by atoms with Gasteiger partial charge in [-0.25, -0.2) is 4.39 Å². The molecule has 1 aliphatic rings. The highest BCUT2D eigenvalue weighted by Gasteiger charge is 2.46. The third kappa shape index (κ3) is 4.22. The van der Waals surface area contributed by atoms with Crippen molar-refractivity contribution in [2.45, 2.75) is 25.9 Å². The Morgan fingerprint density at radius 2 is 1.76 bits per heavy atom. The summed E-state index contributed by atoms with van der Waals surface area (Å²) in [5.74, 6) is -2.65. The normalized spacial score (nSPS) is 17.4. The summed E-state index contributed by atoms with van der Waals surface area (Å²) in [5, 5.41) is 11.1. The number of pyridine rings is 1. The van der Waals surface area contributed by atoms with Crippen LogP contribution in [0.15, 0.2) is 72.6 Å². The van der Waals surface area contributed by atoms with Gasteiger partial charge in [0.1, 0.15) is 5.76 Å². The molecule has 168 valence electrons. The fraction of sp³-hybridized carbons (Fsp3) is 0.192. The van der Waals surface area contributed by atoms with E-state index in [0.717, 1.165) is 23.6 Å². The molecule has 1 aromatic heterocycles. The largest absolute Gasteiger partial charge is 0.507 e. The lowest BCUT2D eigenvalue weighted by Gasteiger charge is -2.25. The number of benzene rings is 2. The summed E-state index contributed by atoms with van der Waals surface area (Å²) in [5.41, 5.74) is 2.57. The second kappa shape index (κ2) is 9.24. The average Bonchev–Trinajstić information content (AvgIpc) is 3.09. The van der Waals surface area contributed by atoms with Gasteiger partial charge in [-0.1, -0.05) is 31.2 Å². The van der Waals surface area contributed by atoms with Gasteiger partial charge in [-0.15, -0.1) is 0 Å². The van der Waals surface area contributed by atoms with Crippen LogP contribution < -0.4 is 4.74 Å². The summed E-state index contributed by atoms with van der Waals surface area (Å²) in [6.07, 6.45) is 4.05. The number of aliphatic hydroxyl groups is 1. The van der Waals surface area contributed by atoms with E-state index in [4.69, 9.17) is 4.74 Å². The van der Waals surface area contributed by atoms with Crippen LogP contribution in [0.25, 0.3) is 5.76 Å². The zero-order valence-corrected chi connectivity index (χ0v) is 18.3. The molecule has 33 heavy (non-hydrogen) atoms. The monoisotopic (exact) mass is 446 g/mol. The van der Waals surface area contributed by atoms with Crippen molar-refractivity contribution in [1.82, 2.24) is 9.88 Å². The Bertz CT molecular complexity index is 1220. The summed E-state index contributed by atoms with van der Waals surface area (Å²) in [7, 11) is 1.34. The third-order valence-corrected chi connectivity index (χ3v) is 5.77. The molecule has 1 N–H and O–H groups in total. The highest BCUT2D eigenvalue weighted by Crippen LogP contribution is 2.40. The molecular formula is C26H23FN2O4. The summed E-state index contributed by atoms with van der Waals surface area (Å²) in [4.78, 5) is 31.6. The minimum Gasteiger partial charge on any atom is -0.507 e. The number of amides is 1. The number of hydrogen-bond donors (Lipinski definition) is 1. The van der Waals surface area contributed by atoms with E-state index < -0.39 is 29.3 Å². The van der Waals surface area contributed by atoms with E-state index in [9.17, 15) is 19.1 Å². The molecule has 0 spiro atoms. The van der Waals surface area contributed by atoms with Crippen LogP contribution in [0, 0.1) is 5.82 Å². The molecule has 1 fully saturated rings. The molecule has 1 unspecified atom stereocenters. The molecule has 0 aliphatic carbocycles. The van der Waals surface area contributed by atoms with Gasteiger partial charge in [0, 0.05) is 24.5 Å². The molecule has 4 rings (SSSR count). The molecule has 0 bridgehead atoms. The van der Waals surface area contributed by atoms with E-state index in [2.05, 4.69) is 4.98 Å². The van der Waals surface area contributed by atoms with Gasteiger partial charge >= 0.3 is 0 Å². The number of rotatable bonds is 6. The molecule has 7 heteroatoms. The highest BCUT2D eigenvalue weighted by atomic mass is 19.1. The Balaban J connectivity index is 1.85. The first-order chi connectivity index (χ1) is 15.9. The van der Waals surface area contributed by atoms with Crippen LogP contribution in [-0.4, -0.2) is 33.8 Å². The predicted molar refractivity (Wildman–Crippen MR) is 121 cm³/mol. The number of aliphatic hydroxyl groups excluding tert-OH is 1. The molecule has 6 nitrogen and oxygen atoms in total. The molecule has 1 atom stereocenters. The third-order valence-electron chi connectivity index (χ3n) is 5.77. The quantitative estimate of drug-likeness (QED) is 0.345. The van der Waals surface area contributed by atoms with Crippen LogP contribution in [0.2, 0.25) is 0 Å². The van der Waals surface area contributed by atoms with Crippen LogP contribution in [0.1, 0.15) is 35.2 Å². The number of Topliss-reactive ketones (excluding diaryl/α,β-unsaturated/α-hetero) is 1. The lowest BCUT2D eigenvalue weighted by atomic mass is 9.94. The number of aryl methyl sites for hydroxylation is 1. The summed E-state index contributed by atoms with van der Waals surface area (Å²) in [6, 6.07) is 14.1. The van der Waals surface area contributed by atoms with E-state index in [-0.39, 0.29) is 23.4 Å². The maximum Gasteiger partial charge on any atom is 0.295 e. The molecule has 0 radical (unpaired) electrons. The first-order valence-corrected chi connectivity index (χ1v) is 10.5. The van der Waals surface area contributed by atoms with E-state index >= 15 is 0 Å². The number of likely N-dealkylation sites (tertiary alicyclic amines) is 1. The molecule has 3 aromatic rings. The summed E-state index contributed by atoms with van der Waals surface area (Å²) < 4.78 is 19.2. The topological polar surface area (TPSA) is 79.7 Å². The van der Waals surface area contributed by atoms with Crippen molar-refractivity contribution in [2.24, 2.45) is 0 Å². The van der Waals surface area contributed by atoms with Gasteiger partial charge in [0.05, 0.1) is 18.7 Å². The van der Waals surface area contributed by atoms with Gasteiger partial charge in [0.2, 0.25) is 0 Å². The number of carbonyl (C=O) groups excluding carboxylic acids is 2.